The van der Waals surface area contributed by atoms with E-state index < -0.39 is 11.5 Å². The number of hydrogen-bond donors (Lipinski definition) is 1. The van der Waals surface area contributed by atoms with Crippen LogP contribution in [0.5, 0.6) is 0 Å². The monoisotopic (exact) mass is 363 g/mol. The second kappa shape index (κ2) is 5.83. The third-order valence-electron chi connectivity index (χ3n) is 2.95. The molecule has 0 aliphatic rings. The van der Waals surface area contributed by atoms with Crippen LogP contribution < -0.4 is 10.9 Å². The van der Waals surface area contributed by atoms with Crippen LogP contribution in [0, 0.1) is 0 Å². The third kappa shape index (κ3) is 3.06. The van der Waals surface area contributed by atoms with E-state index in [2.05, 4.69) is 21.2 Å². The number of carbonyl (C=O) groups is 1. The number of rotatable bonds is 3. The normalized spacial score (nSPS) is 10.7. The van der Waals surface area contributed by atoms with Crippen molar-refractivity contribution in [3.05, 3.63) is 67.3 Å². The van der Waals surface area contributed by atoms with Crippen LogP contribution in [0.1, 0.15) is 15.4 Å². The standard InChI is InChI=1S/C15H10BrNO3S/c16-10-4-3-9-6-13(20-15(19)12(9)7-10)14(18)17-8-11-2-1-5-21-11/h1-7H,8H2,(H,17,18). The number of carbonyl (C=O) groups excluding carboxylic acids is 1. The lowest BCUT2D eigenvalue weighted by Crippen LogP contribution is -2.23. The molecule has 0 radical (unpaired) electrons. The lowest BCUT2D eigenvalue weighted by Gasteiger charge is -2.04. The average Bonchev–Trinajstić information content (AvgIpc) is 2.98. The van der Waals surface area contributed by atoms with E-state index in [9.17, 15) is 9.59 Å². The van der Waals surface area contributed by atoms with Crippen LogP contribution >= 0.6 is 27.3 Å². The molecular formula is C15H10BrNO3S. The number of thiophene rings is 1. The van der Waals surface area contributed by atoms with E-state index in [-0.39, 0.29) is 5.76 Å². The summed E-state index contributed by atoms with van der Waals surface area (Å²) in [4.78, 5) is 25.0. The fourth-order valence-electron chi connectivity index (χ4n) is 1.94. The number of nitrogens with one attached hydrogen (secondary N) is 1. The largest absolute Gasteiger partial charge is 0.417 e. The number of benzene rings is 1. The van der Waals surface area contributed by atoms with Gasteiger partial charge in [-0.15, -0.1) is 11.3 Å². The molecule has 3 rings (SSSR count). The Morgan fingerprint density at radius 1 is 1.29 bits per heavy atom. The molecule has 21 heavy (non-hydrogen) atoms. The maximum absolute atomic E-state index is 12.1. The zero-order valence-electron chi connectivity index (χ0n) is 10.8. The Labute approximate surface area is 132 Å². The van der Waals surface area contributed by atoms with Crippen molar-refractivity contribution in [2.24, 2.45) is 0 Å². The van der Waals surface area contributed by atoms with Gasteiger partial charge < -0.3 is 9.73 Å². The minimum atomic E-state index is -0.518. The van der Waals surface area contributed by atoms with Crippen LogP contribution in [0.4, 0.5) is 0 Å². The van der Waals surface area contributed by atoms with Crippen LogP contribution in [0.3, 0.4) is 0 Å². The van der Waals surface area contributed by atoms with Gasteiger partial charge in [-0.05, 0) is 35.0 Å². The highest BCUT2D eigenvalue weighted by molar-refractivity contribution is 9.10. The second-order valence-corrected chi connectivity index (χ2v) is 6.34. The fraction of sp³-hybridized carbons (Fsp3) is 0.0667. The van der Waals surface area contributed by atoms with Crippen molar-refractivity contribution in [1.82, 2.24) is 5.32 Å². The van der Waals surface area contributed by atoms with E-state index in [0.717, 1.165) is 9.35 Å². The Bertz CT molecular complexity index is 855. The summed E-state index contributed by atoms with van der Waals surface area (Å²) in [5.41, 5.74) is -0.518. The van der Waals surface area contributed by atoms with Crippen molar-refractivity contribution in [2.45, 2.75) is 6.54 Å². The summed E-state index contributed by atoms with van der Waals surface area (Å²) in [7, 11) is 0. The first kappa shape index (κ1) is 14.0. The lowest BCUT2D eigenvalue weighted by atomic mass is 10.1. The second-order valence-electron chi connectivity index (χ2n) is 4.39. The Balaban J connectivity index is 1.88. The first-order valence-electron chi connectivity index (χ1n) is 6.17. The predicted molar refractivity (Wildman–Crippen MR) is 85.7 cm³/mol. The molecule has 0 aliphatic carbocycles. The van der Waals surface area contributed by atoms with Gasteiger partial charge in [0.1, 0.15) is 0 Å². The Morgan fingerprint density at radius 3 is 2.90 bits per heavy atom. The van der Waals surface area contributed by atoms with Gasteiger partial charge in [0.05, 0.1) is 11.9 Å². The molecule has 0 atom stereocenters. The number of hydrogen-bond acceptors (Lipinski definition) is 4. The van der Waals surface area contributed by atoms with E-state index in [0.29, 0.717) is 17.3 Å². The maximum Gasteiger partial charge on any atom is 0.344 e. The molecule has 1 aromatic carbocycles. The molecule has 3 aromatic rings. The SMILES string of the molecule is O=C(NCc1cccs1)c1cc2ccc(Br)cc2c(=O)o1. The van der Waals surface area contributed by atoms with Crippen molar-refractivity contribution in [1.29, 1.82) is 0 Å². The van der Waals surface area contributed by atoms with Crippen molar-refractivity contribution in [3.8, 4) is 0 Å². The molecule has 4 nitrogen and oxygen atoms in total. The van der Waals surface area contributed by atoms with Crippen LogP contribution in [0.15, 0.2) is 55.5 Å². The van der Waals surface area contributed by atoms with Gasteiger partial charge in [0.15, 0.2) is 5.76 Å². The summed E-state index contributed by atoms with van der Waals surface area (Å²) in [6.45, 7) is 0.415. The summed E-state index contributed by atoms with van der Waals surface area (Å²) in [6, 6.07) is 10.7. The average molecular weight is 364 g/mol. The van der Waals surface area contributed by atoms with Gasteiger partial charge in [-0.25, -0.2) is 4.79 Å². The van der Waals surface area contributed by atoms with Crippen molar-refractivity contribution < 1.29 is 9.21 Å². The molecule has 0 saturated heterocycles. The van der Waals surface area contributed by atoms with Crippen LogP contribution in [-0.2, 0) is 6.54 Å². The Morgan fingerprint density at radius 2 is 2.14 bits per heavy atom. The predicted octanol–water partition coefficient (Wildman–Crippen LogP) is 3.55. The summed E-state index contributed by atoms with van der Waals surface area (Å²) >= 11 is 4.86. The first-order valence-corrected chi connectivity index (χ1v) is 7.85. The summed E-state index contributed by atoms with van der Waals surface area (Å²) in [5, 5.41) is 5.79. The summed E-state index contributed by atoms with van der Waals surface area (Å²) in [5.74, 6) is -0.378. The Kier molecular flexibility index (Phi) is 3.90. The van der Waals surface area contributed by atoms with E-state index >= 15 is 0 Å². The molecule has 0 bridgehead atoms. The molecule has 1 amide bonds. The topological polar surface area (TPSA) is 59.3 Å². The molecule has 106 valence electrons. The highest BCUT2D eigenvalue weighted by Crippen LogP contribution is 2.18. The number of halogens is 1. The molecule has 0 aliphatic heterocycles. The lowest BCUT2D eigenvalue weighted by molar-refractivity contribution is 0.0919. The van der Waals surface area contributed by atoms with Gasteiger partial charge in [0.2, 0.25) is 0 Å². The number of fused-ring (bicyclic) bond motifs is 1. The van der Waals surface area contributed by atoms with Gasteiger partial charge in [-0.1, -0.05) is 28.1 Å². The fourth-order valence-corrected chi connectivity index (χ4v) is 2.94. The first-order chi connectivity index (χ1) is 10.1. The zero-order chi connectivity index (χ0) is 14.8. The summed E-state index contributed by atoms with van der Waals surface area (Å²) in [6.07, 6.45) is 0. The minimum absolute atomic E-state index is 0.0198. The molecule has 0 fully saturated rings. The van der Waals surface area contributed by atoms with E-state index in [1.165, 1.54) is 0 Å². The van der Waals surface area contributed by atoms with Gasteiger partial charge >= 0.3 is 5.63 Å². The van der Waals surface area contributed by atoms with Gasteiger partial charge in [-0.3, -0.25) is 4.79 Å². The molecule has 6 heteroatoms. The van der Waals surface area contributed by atoms with Crippen molar-refractivity contribution in [2.75, 3.05) is 0 Å². The van der Waals surface area contributed by atoms with E-state index in [1.54, 1.807) is 29.5 Å². The molecule has 0 spiro atoms. The highest BCUT2D eigenvalue weighted by atomic mass is 79.9. The summed E-state index contributed by atoms with van der Waals surface area (Å²) < 4.78 is 5.88. The maximum atomic E-state index is 12.1. The van der Waals surface area contributed by atoms with Crippen LogP contribution in [0.25, 0.3) is 10.8 Å². The minimum Gasteiger partial charge on any atom is -0.417 e. The smallest absolute Gasteiger partial charge is 0.344 e. The zero-order valence-corrected chi connectivity index (χ0v) is 13.2. The van der Waals surface area contributed by atoms with Gasteiger partial charge in [0.25, 0.3) is 5.91 Å². The molecule has 2 aromatic heterocycles. The van der Waals surface area contributed by atoms with Crippen molar-refractivity contribution in [3.63, 3.8) is 0 Å². The van der Waals surface area contributed by atoms with E-state index in [4.69, 9.17) is 4.42 Å². The molecular weight excluding hydrogens is 354 g/mol. The van der Waals surface area contributed by atoms with Gasteiger partial charge in [0, 0.05) is 9.35 Å². The van der Waals surface area contributed by atoms with Crippen molar-refractivity contribution >= 4 is 43.9 Å². The Hall–Kier alpha value is -1.92. The molecule has 0 unspecified atom stereocenters. The van der Waals surface area contributed by atoms with Gasteiger partial charge in [-0.2, -0.15) is 0 Å². The molecule has 0 saturated carbocycles. The molecule has 2 heterocycles. The van der Waals surface area contributed by atoms with E-state index in [1.807, 2.05) is 23.6 Å². The number of amides is 1. The van der Waals surface area contributed by atoms with Crippen LogP contribution in [0.2, 0.25) is 0 Å². The quantitative estimate of drug-likeness (QED) is 0.773. The highest BCUT2D eigenvalue weighted by Gasteiger charge is 2.12. The third-order valence-corrected chi connectivity index (χ3v) is 4.32. The van der Waals surface area contributed by atoms with Crippen LogP contribution in [-0.4, -0.2) is 5.91 Å². The molecule has 1 N–H and O–H groups in total.